The van der Waals surface area contributed by atoms with Crippen LogP contribution in [0.1, 0.15) is 26.3 Å². The Morgan fingerprint density at radius 1 is 1.11 bits per heavy atom. The smallest absolute Gasteiger partial charge is 0.334 e. The van der Waals surface area contributed by atoms with E-state index in [0.717, 1.165) is 5.56 Å². The molecule has 0 spiro atoms. The third-order valence-corrected chi connectivity index (χ3v) is 4.40. The quantitative estimate of drug-likeness (QED) is 0.862. The van der Waals surface area contributed by atoms with E-state index in [2.05, 4.69) is 5.32 Å². The summed E-state index contributed by atoms with van der Waals surface area (Å²) >= 11 is 0. The van der Waals surface area contributed by atoms with E-state index in [1.165, 1.54) is 4.90 Å². The molecule has 7 heteroatoms. The number of benzene rings is 2. The summed E-state index contributed by atoms with van der Waals surface area (Å²) in [5.41, 5.74) is 2.26. The van der Waals surface area contributed by atoms with Crippen LogP contribution in [0.25, 0.3) is 0 Å². The van der Waals surface area contributed by atoms with Crippen molar-refractivity contribution in [2.24, 2.45) is 0 Å². The number of hydrogen-bond acceptors (Lipinski definition) is 4. The van der Waals surface area contributed by atoms with Crippen molar-refractivity contribution in [3.8, 4) is 0 Å². The Morgan fingerprint density at radius 3 is 2.56 bits per heavy atom. The second-order valence-electron chi connectivity index (χ2n) is 6.30. The van der Waals surface area contributed by atoms with Gasteiger partial charge in [-0.05, 0) is 36.8 Å². The highest BCUT2D eigenvalue weighted by Crippen LogP contribution is 2.20. The molecule has 1 aliphatic heterocycles. The fourth-order valence-corrected chi connectivity index (χ4v) is 2.84. The van der Waals surface area contributed by atoms with Crippen LogP contribution < -0.4 is 5.32 Å². The largest absolute Gasteiger partial charge is 0.479 e. The van der Waals surface area contributed by atoms with Crippen molar-refractivity contribution in [3.05, 3.63) is 65.2 Å². The Bertz CT molecular complexity index is 866. The summed E-state index contributed by atoms with van der Waals surface area (Å²) in [4.78, 5) is 37.7. The molecular weight excluding hydrogens is 348 g/mol. The number of amides is 2. The zero-order valence-corrected chi connectivity index (χ0v) is 14.8. The van der Waals surface area contributed by atoms with Gasteiger partial charge in [0.1, 0.15) is 0 Å². The molecule has 1 unspecified atom stereocenters. The van der Waals surface area contributed by atoms with Crippen LogP contribution in [0.5, 0.6) is 0 Å². The van der Waals surface area contributed by atoms with Gasteiger partial charge in [0.15, 0.2) is 6.10 Å². The van der Waals surface area contributed by atoms with Gasteiger partial charge >= 0.3 is 5.97 Å². The van der Waals surface area contributed by atoms with Gasteiger partial charge in [-0.1, -0.05) is 24.3 Å². The first-order chi connectivity index (χ1) is 13.0. The summed E-state index contributed by atoms with van der Waals surface area (Å²) in [6.07, 6.45) is -1.02. The maximum atomic E-state index is 12.8. The number of nitrogens with zero attached hydrogens (tertiary/aromatic N) is 1. The lowest BCUT2D eigenvalue weighted by Crippen LogP contribution is -2.48. The van der Waals surface area contributed by atoms with Gasteiger partial charge in [0, 0.05) is 23.4 Å². The number of carboxylic acids is 1. The molecule has 1 aliphatic rings. The molecule has 27 heavy (non-hydrogen) atoms. The average molecular weight is 368 g/mol. The molecule has 1 atom stereocenters. The Balaban J connectivity index is 1.77. The lowest BCUT2D eigenvalue weighted by molar-refractivity contribution is -0.154. The van der Waals surface area contributed by atoms with E-state index >= 15 is 0 Å². The number of rotatable bonds is 4. The highest BCUT2D eigenvalue weighted by atomic mass is 16.5. The zero-order chi connectivity index (χ0) is 19.4. The number of aryl methyl sites for hydroxylation is 1. The Hall–Kier alpha value is -3.19. The van der Waals surface area contributed by atoms with Crippen LogP contribution in [0.3, 0.4) is 0 Å². The molecule has 0 radical (unpaired) electrons. The van der Waals surface area contributed by atoms with Crippen molar-refractivity contribution in [2.75, 3.05) is 25.0 Å². The normalized spacial score (nSPS) is 16.6. The molecule has 140 valence electrons. The van der Waals surface area contributed by atoms with Gasteiger partial charge in [-0.25, -0.2) is 4.79 Å². The van der Waals surface area contributed by atoms with E-state index in [1.54, 1.807) is 42.5 Å². The van der Waals surface area contributed by atoms with E-state index in [9.17, 15) is 14.4 Å². The third-order valence-electron chi connectivity index (χ3n) is 4.40. The first-order valence-electron chi connectivity index (χ1n) is 8.56. The zero-order valence-electron chi connectivity index (χ0n) is 14.8. The van der Waals surface area contributed by atoms with Crippen LogP contribution in [0.2, 0.25) is 0 Å². The first-order valence-corrected chi connectivity index (χ1v) is 8.56. The van der Waals surface area contributed by atoms with Gasteiger partial charge in [0.05, 0.1) is 13.2 Å². The van der Waals surface area contributed by atoms with E-state index < -0.39 is 12.1 Å². The summed E-state index contributed by atoms with van der Waals surface area (Å²) in [7, 11) is 0. The number of nitrogens with one attached hydrogen (secondary N) is 1. The maximum absolute atomic E-state index is 12.8. The molecule has 2 aromatic rings. The molecular formula is C20H20N2O5. The second-order valence-corrected chi connectivity index (χ2v) is 6.30. The van der Waals surface area contributed by atoms with Gasteiger partial charge in [-0.15, -0.1) is 0 Å². The molecule has 2 aromatic carbocycles. The molecule has 2 amide bonds. The van der Waals surface area contributed by atoms with Crippen LogP contribution in [-0.2, 0) is 9.53 Å². The lowest BCUT2D eigenvalue weighted by Gasteiger charge is -2.31. The third kappa shape index (κ3) is 4.32. The number of carboxylic acid groups (broad SMARTS) is 1. The number of carbonyl (C=O) groups excluding carboxylic acids is 2. The predicted molar refractivity (Wildman–Crippen MR) is 98.9 cm³/mol. The van der Waals surface area contributed by atoms with Crippen LogP contribution in [0.15, 0.2) is 48.5 Å². The van der Waals surface area contributed by atoms with Crippen LogP contribution in [-0.4, -0.2) is 53.6 Å². The van der Waals surface area contributed by atoms with Gasteiger partial charge < -0.3 is 20.1 Å². The molecule has 1 saturated heterocycles. The number of aliphatic carboxylic acids is 1. The van der Waals surface area contributed by atoms with Crippen molar-refractivity contribution in [3.63, 3.8) is 0 Å². The van der Waals surface area contributed by atoms with Crippen LogP contribution in [0, 0.1) is 6.92 Å². The van der Waals surface area contributed by atoms with Crippen molar-refractivity contribution < 1.29 is 24.2 Å². The number of morpholine rings is 1. The van der Waals surface area contributed by atoms with E-state index in [4.69, 9.17) is 9.84 Å². The van der Waals surface area contributed by atoms with E-state index in [1.807, 2.05) is 13.0 Å². The number of ether oxygens (including phenoxy) is 1. The highest BCUT2D eigenvalue weighted by Gasteiger charge is 2.29. The molecule has 3 rings (SSSR count). The highest BCUT2D eigenvalue weighted by molar-refractivity contribution is 6.05. The topological polar surface area (TPSA) is 95.9 Å². The summed E-state index contributed by atoms with van der Waals surface area (Å²) in [5.74, 6) is -1.65. The Labute approximate surface area is 156 Å². The molecule has 0 aromatic heterocycles. The monoisotopic (exact) mass is 368 g/mol. The summed E-state index contributed by atoms with van der Waals surface area (Å²) in [6.45, 7) is 2.33. The minimum absolute atomic E-state index is 0.00620. The molecule has 2 N–H and O–H groups in total. The number of hydrogen-bond donors (Lipinski definition) is 2. The van der Waals surface area contributed by atoms with Gasteiger partial charge in [-0.2, -0.15) is 0 Å². The van der Waals surface area contributed by atoms with Crippen molar-refractivity contribution in [1.82, 2.24) is 4.90 Å². The van der Waals surface area contributed by atoms with Gasteiger partial charge in [-0.3, -0.25) is 9.59 Å². The Morgan fingerprint density at radius 2 is 1.85 bits per heavy atom. The molecule has 1 fully saturated rings. The molecule has 7 nitrogen and oxygen atoms in total. The lowest BCUT2D eigenvalue weighted by atomic mass is 10.1. The van der Waals surface area contributed by atoms with Gasteiger partial charge in [0.25, 0.3) is 11.8 Å². The van der Waals surface area contributed by atoms with E-state index in [0.29, 0.717) is 23.4 Å². The summed E-state index contributed by atoms with van der Waals surface area (Å²) < 4.78 is 5.15. The number of anilines is 1. The number of carbonyl (C=O) groups is 3. The second kappa shape index (κ2) is 8.01. The van der Waals surface area contributed by atoms with Crippen molar-refractivity contribution in [2.45, 2.75) is 13.0 Å². The van der Waals surface area contributed by atoms with Crippen molar-refractivity contribution in [1.29, 1.82) is 0 Å². The summed E-state index contributed by atoms with van der Waals surface area (Å²) in [5, 5.41) is 11.9. The average Bonchev–Trinajstić information content (AvgIpc) is 2.69. The summed E-state index contributed by atoms with van der Waals surface area (Å²) in [6, 6.07) is 13.8. The minimum atomic E-state index is -1.09. The standard InChI is InChI=1S/C20H20N2O5/c1-13-7-8-15(19(24)22-9-10-27-17(12-22)20(25)26)11-16(13)21-18(23)14-5-3-2-4-6-14/h2-8,11,17H,9-10,12H2,1H3,(H,21,23)(H,25,26). The van der Waals surface area contributed by atoms with Crippen molar-refractivity contribution >= 4 is 23.5 Å². The van der Waals surface area contributed by atoms with Crippen LogP contribution >= 0.6 is 0 Å². The SMILES string of the molecule is Cc1ccc(C(=O)N2CCOC(C(=O)O)C2)cc1NC(=O)c1ccccc1. The fraction of sp³-hybridized carbons (Fsp3) is 0.250. The fourth-order valence-electron chi connectivity index (χ4n) is 2.84. The molecule has 0 aliphatic carbocycles. The molecule has 0 saturated carbocycles. The first kappa shape index (κ1) is 18.6. The predicted octanol–water partition coefficient (Wildman–Crippen LogP) is 2.17. The maximum Gasteiger partial charge on any atom is 0.334 e. The minimum Gasteiger partial charge on any atom is -0.479 e. The van der Waals surface area contributed by atoms with Gasteiger partial charge in [0.2, 0.25) is 0 Å². The Kier molecular flexibility index (Phi) is 5.52. The van der Waals surface area contributed by atoms with Crippen LogP contribution in [0.4, 0.5) is 5.69 Å². The molecule has 0 bridgehead atoms. The molecule has 1 heterocycles. The van der Waals surface area contributed by atoms with E-state index in [-0.39, 0.29) is 25.0 Å².